The number of guanidine groups is 1. The fourth-order valence-electron chi connectivity index (χ4n) is 4.32. The summed E-state index contributed by atoms with van der Waals surface area (Å²) < 4.78 is 2.33. The highest BCUT2D eigenvalue weighted by atomic mass is 127. The molecule has 0 radical (unpaired) electrons. The van der Waals surface area contributed by atoms with Gasteiger partial charge in [-0.15, -0.1) is 34.2 Å². The average molecular weight is 488 g/mol. The second-order valence-electron chi connectivity index (χ2n) is 7.82. The summed E-state index contributed by atoms with van der Waals surface area (Å²) in [7, 11) is 1.85. The molecular weight excluding hydrogens is 451 g/mol. The minimum Gasteiger partial charge on any atom is -0.356 e. The lowest BCUT2D eigenvalue weighted by molar-refractivity contribution is 0.332. The molecule has 154 valence electrons. The van der Waals surface area contributed by atoms with Gasteiger partial charge >= 0.3 is 0 Å². The van der Waals surface area contributed by atoms with Gasteiger partial charge in [0, 0.05) is 39.5 Å². The maximum Gasteiger partial charge on any atom is 0.190 e. The summed E-state index contributed by atoms with van der Waals surface area (Å²) in [5.41, 5.74) is 0. The Balaban J connectivity index is 0.00000261. The Morgan fingerprint density at radius 3 is 2.63 bits per heavy atom. The van der Waals surface area contributed by atoms with E-state index < -0.39 is 0 Å². The highest BCUT2D eigenvalue weighted by molar-refractivity contribution is 14.0. The lowest BCUT2D eigenvalue weighted by atomic mass is 9.86. The molecule has 7 heteroatoms. The quantitative estimate of drug-likeness (QED) is 0.266. The van der Waals surface area contributed by atoms with Gasteiger partial charge in [-0.05, 0) is 31.6 Å². The van der Waals surface area contributed by atoms with Crippen LogP contribution in [0, 0.1) is 5.92 Å². The van der Waals surface area contributed by atoms with E-state index in [0.29, 0.717) is 0 Å². The number of halogens is 1. The van der Waals surface area contributed by atoms with E-state index in [2.05, 4.69) is 30.4 Å². The van der Waals surface area contributed by atoms with E-state index in [1.165, 1.54) is 70.0 Å². The number of hydrogen-bond donors (Lipinski definition) is 2. The van der Waals surface area contributed by atoms with Gasteiger partial charge in [-0.3, -0.25) is 4.99 Å². The van der Waals surface area contributed by atoms with Crippen LogP contribution in [0.3, 0.4) is 0 Å². The van der Waals surface area contributed by atoms with Crippen LogP contribution < -0.4 is 10.6 Å². The summed E-state index contributed by atoms with van der Waals surface area (Å²) in [6.45, 7) is 2.93. The molecule has 2 heterocycles. The summed E-state index contributed by atoms with van der Waals surface area (Å²) in [6.07, 6.45) is 15.6. The molecule has 3 rings (SSSR count). The summed E-state index contributed by atoms with van der Waals surface area (Å²) in [4.78, 5) is 4.35. The first-order chi connectivity index (χ1) is 12.9. The van der Waals surface area contributed by atoms with Crippen molar-refractivity contribution >= 4 is 29.9 Å². The van der Waals surface area contributed by atoms with Crippen LogP contribution in [0.15, 0.2) is 4.99 Å². The number of aromatic nitrogens is 3. The zero-order valence-electron chi connectivity index (χ0n) is 16.9. The Bertz CT molecular complexity index is 565. The van der Waals surface area contributed by atoms with Gasteiger partial charge in [0.15, 0.2) is 5.96 Å². The predicted octanol–water partition coefficient (Wildman–Crippen LogP) is 3.69. The largest absolute Gasteiger partial charge is 0.356 e. The highest BCUT2D eigenvalue weighted by Gasteiger charge is 2.15. The van der Waals surface area contributed by atoms with Crippen molar-refractivity contribution in [1.29, 1.82) is 0 Å². The van der Waals surface area contributed by atoms with Gasteiger partial charge in [-0.2, -0.15) is 0 Å². The molecule has 0 amide bonds. The molecule has 1 aliphatic heterocycles. The van der Waals surface area contributed by atoms with Crippen molar-refractivity contribution in [2.24, 2.45) is 10.9 Å². The number of aryl methyl sites for hydroxylation is 1. The molecule has 1 saturated carbocycles. The molecule has 1 aromatic rings. The van der Waals surface area contributed by atoms with Crippen molar-refractivity contribution in [3.05, 3.63) is 11.6 Å². The summed E-state index contributed by atoms with van der Waals surface area (Å²) in [5.74, 6) is 4.15. The van der Waals surface area contributed by atoms with Crippen molar-refractivity contribution in [2.45, 2.75) is 83.6 Å². The number of nitrogens with one attached hydrogen (secondary N) is 2. The van der Waals surface area contributed by atoms with Crippen molar-refractivity contribution in [3.63, 3.8) is 0 Å². The molecule has 2 aliphatic rings. The Hall–Kier alpha value is -0.860. The van der Waals surface area contributed by atoms with Gasteiger partial charge in [0.05, 0.1) is 0 Å². The first-order valence-corrected chi connectivity index (χ1v) is 10.7. The first kappa shape index (κ1) is 22.4. The number of aliphatic imine (C=N–C) groups is 1. The molecule has 0 atom stereocenters. The van der Waals surface area contributed by atoms with E-state index >= 15 is 0 Å². The fraction of sp³-hybridized carbons (Fsp3) is 0.850. The van der Waals surface area contributed by atoms with E-state index in [9.17, 15) is 0 Å². The monoisotopic (exact) mass is 488 g/mol. The first-order valence-electron chi connectivity index (χ1n) is 10.7. The van der Waals surface area contributed by atoms with E-state index in [0.717, 1.165) is 50.2 Å². The Morgan fingerprint density at radius 2 is 1.81 bits per heavy atom. The van der Waals surface area contributed by atoms with E-state index in [1.807, 2.05) is 7.05 Å². The van der Waals surface area contributed by atoms with E-state index in [4.69, 9.17) is 0 Å². The molecule has 1 aliphatic carbocycles. The molecular formula is C20H37IN6. The van der Waals surface area contributed by atoms with Crippen LogP contribution in [0.5, 0.6) is 0 Å². The molecule has 0 spiro atoms. The van der Waals surface area contributed by atoms with E-state index in [1.54, 1.807) is 0 Å². The topological polar surface area (TPSA) is 67.1 Å². The van der Waals surface area contributed by atoms with Gasteiger partial charge < -0.3 is 15.2 Å². The fourth-order valence-corrected chi connectivity index (χ4v) is 4.32. The second kappa shape index (κ2) is 12.6. The lowest BCUT2D eigenvalue weighted by Crippen LogP contribution is -2.39. The van der Waals surface area contributed by atoms with Crippen molar-refractivity contribution in [3.8, 4) is 0 Å². The van der Waals surface area contributed by atoms with E-state index in [-0.39, 0.29) is 24.0 Å². The van der Waals surface area contributed by atoms with Gasteiger partial charge in [0.1, 0.15) is 11.6 Å². The van der Waals surface area contributed by atoms with Crippen LogP contribution in [-0.2, 0) is 19.4 Å². The maximum absolute atomic E-state index is 4.40. The summed E-state index contributed by atoms with van der Waals surface area (Å²) >= 11 is 0. The Labute approximate surface area is 181 Å². The Morgan fingerprint density at radius 1 is 1.04 bits per heavy atom. The Kier molecular flexibility index (Phi) is 10.4. The maximum atomic E-state index is 4.40. The van der Waals surface area contributed by atoms with Gasteiger partial charge in [0.2, 0.25) is 0 Å². The van der Waals surface area contributed by atoms with Crippen LogP contribution >= 0.6 is 24.0 Å². The third-order valence-electron chi connectivity index (χ3n) is 5.86. The van der Waals surface area contributed by atoms with Gasteiger partial charge in [-0.1, -0.05) is 38.5 Å². The SMILES string of the molecule is CN=C(NCCCC1CCCCC1)NCCc1nnc2n1CCCCC2.I. The number of rotatable bonds is 7. The van der Waals surface area contributed by atoms with Crippen LogP contribution in [0.25, 0.3) is 0 Å². The molecule has 2 N–H and O–H groups in total. The molecule has 1 fully saturated rings. The van der Waals surface area contributed by atoms with Crippen LogP contribution in [0.1, 0.15) is 75.9 Å². The minimum atomic E-state index is 0. The van der Waals surface area contributed by atoms with Crippen LogP contribution in [-0.4, -0.2) is 40.9 Å². The van der Waals surface area contributed by atoms with Gasteiger partial charge in [0.25, 0.3) is 0 Å². The molecule has 6 nitrogen and oxygen atoms in total. The summed E-state index contributed by atoms with van der Waals surface area (Å²) in [5, 5.41) is 15.7. The second-order valence-corrected chi connectivity index (χ2v) is 7.82. The normalized spacial score (nSPS) is 18.3. The van der Waals surface area contributed by atoms with Gasteiger partial charge in [-0.25, -0.2) is 0 Å². The van der Waals surface area contributed by atoms with Crippen LogP contribution in [0.2, 0.25) is 0 Å². The zero-order valence-corrected chi connectivity index (χ0v) is 19.2. The predicted molar refractivity (Wildman–Crippen MR) is 122 cm³/mol. The van der Waals surface area contributed by atoms with Crippen LogP contribution in [0.4, 0.5) is 0 Å². The average Bonchev–Trinajstić information content (AvgIpc) is 2.90. The summed E-state index contributed by atoms with van der Waals surface area (Å²) in [6, 6.07) is 0. The molecule has 1 aromatic heterocycles. The number of hydrogen-bond acceptors (Lipinski definition) is 3. The third-order valence-corrected chi connectivity index (χ3v) is 5.86. The van der Waals surface area contributed by atoms with Crippen molar-refractivity contribution < 1.29 is 0 Å². The molecule has 0 unspecified atom stereocenters. The third kappa shape index (κ3) is 7.23. The van der Waals surface area contributed by atoms with Crippen molar-refractivity contribution in [1.82, 2.24) is 25.4 Å². The number of nitrogens with zero attached hydrogens (tertiary/aromatic N) is 4. The lowest BCUT2D eigenvalue weighted by Gasteiger charge is -2.21. The smallest absolute Gasteiger partial charge is 0.190 e. The van der Waals surface area contributed by atoms with Crippen molar-refractivity contribution in [2.75, 3.05) is 20.1 Å². The highest BCUT2D eigenvalue weighted by Crippen LogP contribution is 2.26. The zero-order chi connectivity index (χ0) is 18.0. The molecule has 0 saturated heterocycles. The standard InChI is InChI=1S/C20H36N6.HI/c1-21-20(22-14-8-11-17-9-4-2-5-10-17)23-15-13-19-25-24-18-12-6-3-7-16-26(18)19;/h17H,2-16H2,1H3,(H2,21,22,23);1H. The molecule has 27 heavy (non-hydrogen) atoms. The molecule has 0 aromatic carbocycles. The number of fused-ring (bicyclic) bond motifs is 1. The minimum absolute atomic E-state index is 0. The molecule has 0 bridgehead atoms.